The van der Waals surface area contributed by atoms with Crippen LogP contribution in [0.25, 0.3) is 0 Å². The zero-order valence-corrected chi connectivity index (χ0v) is 14.7. The molecule has 2 saturated heterocycles. The summed E-state index contributed by atoms with van der Waals surface area (Å²) in [5.41, 5.74) is -0.774. The molecule has 22 heavy (non-hydrogen) atoms. The van der Waals surface area contributed by atoms with Gasteiger partial charge in [0, 0.05) is 0 Å². The van der Waals surface area contributed by atoms with Crippen LogP contribution in [0.4, 0.5) is 0 Å². The molecule has 2 heterocycles. The van der Waals surface area contributed by atoms with Gasteiger partial charge < -0.3 is 28.4 Å². The zero-order chi connectivity index (χ0) is 16.5. The first-order chi connectivity index (χ1) is 10.0. The van der Waals surface area contributed by atoms with Crippen LogP contribution in [0.5, 0.6) is 0 Å². The van der Waals surface area contributed by atoms with Crippen LogP contribution in [0, 0.1) is 0 Å². The Balaban J connectivity index is 1.57. The van der Waals surface area contributed by atoms with E-state index in [0.717, 1.165) is 0 Å². The molecule has 2 rings (SSSR count). The van der Waals surface area contributed by atoms with Crippen molar-refractivity contribution in [1.29, 1.82) is 0 Å². The van der Waals surface area contributed by atoms with E-state index in [1.54, 1.807) is 0 Å². The van der Waals surface area contributed by atoms with Crippen molar-refractivity contribution in [2.45, 2.75) is 64.3 Å². The van der Waals surface area contributed by atoms with E-state index in [1.807, 2.05) is 41.5 Å². The van der Waals surface area contributed by atoms with Gasteiger partial charge in [0.1, 0.15) is 11.2 Å². The Kier molecular flexibility index (Phi) is 5.22. The highest BCUT2D eigenvalue weighted by Gasteiger charge is 2.43. The third-order valence-electron chi connectivity index (χ3n) is 3.62. The van der Waals surface area contributed by atoms with Crippen molar-refractivity contribution in [3.8, 4) is 0 Å². The largest absolute Gasteiger partial charge is 0.376 e. The van der Waals surface area contributed by atoms with Gasteiger partial charge in [-0.2, -0.15) is 0 Å². The van der Waals surface area contributed by atoms with Gasteiger partial charge in [0.15, 0.2) is 11.6 Å². The van der Waals surface area contributed by atoms with Crippen molar-refractivity contribution < 1.29 is 28.4 Å². The van der Waals surface area contributed by atoms with E-state index >= 15 is 0 Å². The standard InChI is InChI=1S/C16H30O6/c1-13(2)19-11-15(5,21-13)9-17-7-8-18-10-16(6)12-20-14(3,4)22-16/h7-12H2,1-6H3/t15-,16-/m0/s1. The van der Waals surface area contributed by atoms with Crippen LogP contribution in [0.15, 0.2) is 0 Å². The predicted octanol–water partition coefficient (Wildman–Crippen LogP) is 2.10. The molecule has 0 amide bonds. The van der Waals surface area contributed by atoms with E-state index in [1.165, 1.54) is 0 Å². The van der Waals surface area contributed by atoms with Gasteiger partial charge in [-0.25, -0.2) is 0 Å². The molecular weight excluding hydrogens is 288 g/mol. The SMILES string of the molecule is CC1(C)OC[C@](C)(COCCOC[C@@]2(C)COC(C)(C)O2)O1. The van der Waals surface area contributed by atoms with Crippen LogP contribution < -0.4 is 0 Å². The van der Waals surface area contributed by atoms with Crippen molar-refractivity contribution in [3.63, 3.8) is 0 Å². The molecule has 0 aromatic rings. The number of rotatable bonds is 7. The fraction of sp³-hybridized carbons (Fsp3) is 1.00. The monoisotopic (exact) mass is 318 g/mol. The fourth-order valence-electron chi connectivity index (χ4n) is 2.79. The molecule has 2 atom stereocenters. The Labute approximate surface area is 133 Å². The third-order valence-corrected chi connectivity index (χ3v) is 3.62. The van der Waals surface area contributed by atoms with Crippen LogP contribution in [0.1, 0.15) is 41.5 Å². The molecule has 130 valence electrons. The average Bonchev–Trinajstić information content (AvgIpc) is 2.81. The van der Waals surface area contributed by atoms with Gasteiger partial charge in [-0.1, -0.05) is 0 Å². The molecule has 0 N–H and O–H groups in total. The van der Waals surface area contributed by atoms with E-state index in [0.29, 0.717) is 39.6 Å². The van der Waals surface area contributed by atoms with Crippen molar-refractivity contribution in [2.75, 3.05) is 39.6 Å². The lowest BCUT2D eigenvalue weighted by Crippen LogP contribution is -2.37. The minimum atomic E-state index is -0.532. The van der Waals surface area contributed by atoms with Crippen LogP contribution in [-0.4, -0.2) is 62.4 Å². The second-order valence-electron chi connectivity index (χ2n) is 7.59. The van der Waals surface area contributed by atoms with Crippen molar-refractivity contribution in [1.82, 2.24) is 0 Å². The second kappa shape index (κ2) is 6.34. The summed E-state index contributed by atoms with van der Waals surface area (Å²) < 4.78 is 34.1. The molecule has 0 aliphatic carbocycles. The van der Waals surface area contributed by atoms with E-state index in [4.69, 9.17) is 28.4 Å². The fourth-order valence-corrected chi connectivity index (χ4v) is 2.79. The highest BCUT2D eigenvalue weighted by molar-refractivity contribution is 4.84. The van der Waals surface area contributed by atoms with Crippen molar-refractivity contribution >= 4 is 0 Å². The summed E-state index contributed by atoms with van der Waals surface area (Å²) in [6.45, 7) is 14.7. The molecule has 0 spiro atoms. The summed E-state index contributed by atoms with van der Waals surface area (Å²) in [4.78, 5) is 0. The van der Waals surface area contributed by atoms with Gasteiger partial charge in [-0.3, -0.25) is 0 Å². The molecule has 0 radical (unpaired) electrons. The maximum Gasteiger partial charge on any atom is 0.163 e. The molecule has 0 aromatic carbocycles. The lowest BCUT2D eigenvalue weighted by atomic mass is 10.1. The van der Waals surface area contributed by atoms with Crippen LogP contribution in [0.2, 0.25) is 0 Å². The molecule has 6 heteroatoms. The minimum absolute atomic E-state index is 0.387. The Hall–Kier alpha value is -0.240. The molecule has 2 aliphatic rings. The Bertz CT molecular complexity index is 347. The van der Waals surface area contributed by atoms with Crippen molar-refractivity contribution in [3.05, 3.63) is 0 Å². The van der Waals surface area contributed by atoms with Gasteiger partial charge in [-0.05, 0) is 41.5 Å². The number of hydrogen-bond acceptors (Lipinski definition) is 6. The second-order valence-corrected chi connectivity index (χ2v) is 7.59. The minimum Gasteiger partial charge on any atom is -0.376 e. The molecule has 0 aromatic heterocycles. The van der Waals surface area contributed by atoms with E-state index in [2.05, 4.69) is 0 Å². The van der Waals surface area contributed by atoms with Gasteiger partial charge in [0.2, 0.25) is 0 Å². The van der Waals surface area contributed by atoms with Gasteiger partial charge in [0.25, 0.3) is 0 Å². The molecule has 6 nitrogen and oxygen atoms in total. The summed E-state index contributed by atoms with van der Waals surface area (Å²) in [7, 11) is 0. The lowest BCUT2D eigenvalue weighted by molar-refractivity contribution is -0.175. The topological polar surface area (TPSA) is 55.4 Å². The van der Waals surface area contributed by atoms with Crippen molar-refractivity contribution in [2.24, 2.45) is 0 Å². The first-order valence-corrected chi connectivity index (χ1v) is 7.87. The lowest BCUT2D eigenvalue weighted by Gasteiger charge is -2.26. The van der Waals surface area contributed by atoms with E-state index in [-0.39, 0.29) is 11.2 Å². The Morgan fingerprint density at radius 2 is 1.05 bits per heavy atom. The number of hydrogen-bond donors (Lipinski definition) is 0. The summed E-state index contributed by atoms with van der Waals surface area (Å²) in [6, 6.07) is 0. The summed E-state index contributed by atoms with van der Waals surface area (Å²) in [6.07, 6.45) is 0. The molecular formula is C16H30O6. The highest BCUT2D eigenvalue weighted by Crippen LogP contribution is 2.31. The Morgan fingerprint density at radius 3 is 1.32 bits per heavy atom. The average molecular weight is 318 g/mol. The molecule has 2 aliphatic heterocycles. The van der Waals surface area contributed by atoms with E-state index in [9.17, 15) is 0 Å². The first kappa shape index (κ1) is 18.1. The van der Waals surface area contributed by atoms with Crippen LogP contribution in [-0.2, 0) is 28.4 Å². The summed E-state index contributed by atoms with van der Waals surface area (Å²) >= 11 is 0. The van der Waals surface area contributed by atoms with Crippen LogP contribution >= 0.6 is 0 Å². The summed E-state index contributed by atoms with van der Waals surface area (Å²) in [5.74, 6) is -1.06. The molecule has 2 fully saturated rings. The molecule has 0 saturated carbocycles. The summed E-state index contributed by atoms with van der Waals surface area (Å²) in [5, 5.41) is 0. The molecule has 0 unspecified atom stereocenters. The highest BCUT2D eigenvalue weighted by atomic mass is 16.8. The third kappa shape index (κ3) is 5.15. The zero-order valence-electron chi connectivity index (χ0n) is 14.7. The quantitative estimate of drug-likeness (QED) is 0.670. The van der Waals surface area contributed by atoms with Gasteiger partial charge in [0.05, 0.1) is 39.6 Å². The van der Waals surface area contributed by atoms with Gasteiger partial charge >= 0.3 is 0 Å². The maximum absolute atomic E-state index is 5.84. The molecule has 0 bridgehead atoms. The van der Waals surface area contributed by atoms with Gasteiger partial charge in [-0.15, -0.1) is 0 Å². The first-order valence-electron chi connectivity index (χ1n) is 7.87. The van der Waals surface area contributed by atoms with E-state index < -0.39 is 11.6 Å². The predicted molar refractivity (Wildman–Crippen MR) is 80.7 cm³/mol. The normalized spacial score (nSPS) is 36.8. The number of ether oxygens (including phenoxy) is 6. The smallest absolute Gasteiger partial charge is 0.163 e. The van der Waals surface area contributed by atoms with Crippen LogP contribution in [0.3, 0.4) is 0 Å². The maximum atomic E-state index is 5.84. The Morgan fingerprint density at radius 1 is 0.682 bits per heavy atom.